The summed E-state index contributed by atoms with van der Waals surface area (Å²) in [6.07, 6.45) is 0.731. The van der Waals surface area contributed by atoms with Gasteiger partial charge in [-0.05, 0) is 30.3 Å². The fourth-order valence-electron chi connectivity index (χ4n) is 2.33. The Kier molecular flexibility index (Phi) is 3.73. The Morgan fingerprint density at radius 1 is 1.23 bits per heavy atom. The van der Waals surface area contributed by atoms with Crippen LogP contribution in [0.25, 0.3) is 6.08 Å². The number of rotatable bonds is 3. The van der Waals surface area contributed by atoms with Crippen molar-refractivity contribution in [2.45, 2.75) is 6.10 Å². The van der Waals surface area contributed by atoms with Gasteiger partial charge in [0.25, 0.3) is 5.70 Å². The van der Waals surface area contributed by atoms with E-state index in [2.05, 4.69) is 0 Å². The fraction of sp³-hybridized carbons (Fsp3) is 0.125. The summed E-state index contributed by atoms with van der Waals surface area (Å²) >= 11 is 5.92. The number of benzene rings is 2. The molecule has 0 N–H and O–H groups in total. The van der Waals surface area contributed by atoms with Crippen molar-refractivity contribution in [2.24, 2.45) is 0 Å². The van der Waals surface area contributed by atoms with Gasteiger partial charge in [-0.1, -0.05) is 23.7 Å². The van der Waals surface area contributed by atoms with Gasteiger partial charge in [-0.3, -0.25) is 10.1 Å². The predicted octanol–water partition coefficient (Wildman–Crippen LogP) is 4.10. The fourth-order valence-corrected chi connectivity index (χ4v) is 2.51. The lowest BCUT2D eigenvalue weighted by molar-refractivity contribution is -0.434. The SMILES string of the molecule is COc1ccc([C@@H]2Oc3ccc(Cl)cc3C=C2[N+](=O)[O-])cc1. The largest absolute Gasteiger partial charge is 0.497 e. The minimum Gasteiger partial charge on any atom is -0.497 e. The number of halogens is 1. The second-order valence-corrected chi connectivity index (χ2v) is 5.22. The van der Waals surface area contributed by atoms with E-state index in [0.29, 0.717) is 27.6 Å². The number of hydrogen-bond donors (Lipinski definition) is 0. The Hall–Kier alpha value is -2.53. The Morgan fingerprint density at radius 3 is 2.59 bits per heavy atom. The average Bonchev–Trinajstić information content (AvgIpc) is 2.53. The van der Waals surface area contributed by atoms with Crippen molar-refractivity contribution in [3.63, 3.8) is 0 Å². The van der Waals surface area contributed by atoms with E-state index in [0.717, 1.165) is 0 Å². The molecule has 0 unspecified atom stereocenters. The van der Waals surface area contributed by atoms with E-state index < -0.39 is 11.0 Å². The van der Waals surface area contributed by atoms with Crippen molar-refractivity contribution >= 4 is 17.7 Å². The highest BCUT2D eigenvalue weighted by molar-refractivity contribution is 6.30. The predicted molar refractivity (Wildman–Crippen MR) is 82.8 cm³/mol. The molecule has 0 aliphatic carbocycles. The number of nitro groups is 1. The molecule has 0 fully saturated rings. The molecular weight excluding hydrogens is 306 g/mol. The summed E-state index contributed by atoms with van der Waals surface area (Å²) in [5.41, 5.74) is 1.26. The van der Waals surface area contributed by atoms with Gasteiger partial charge in [0.15, 0.2) is 0 Å². The zero-order valence-corrected chi connectivity index (χ0v) is 12.4. The molecule has 0 radical (unpaired) electrons. The van der Waals surface area contributed by atoms with Crippen LogP contribution in [-0.2, 0) is 0 Å². The number of nitrogens with zero attached hydrogens (tertiary/aromatic N) is 1. The second kappa shape index (κ2) is 5.69. The summed E-state index contributed by atoms with van der Waals surface area (Å²) in [5, 5.41) is 11.9. The van der Waals surface area contributed by atoms with Crippen molar-refractivity contribution in [3.8, 4) is 11.5 Å². The molecule has 5 nitrogen and oxygen atoms in total. The highest BCUT2D eigenvalue weighted by atomic mass is 35.5. The molecule has 1 aliphatic heterocycles. The zero-order valence-electron chi connectivity index (χ0n) is 11.7. The Bertz CT molecular complexity index is 755. The standard InChI is InChI=1S/C16H12ClNO4/c1-21-13-5-2-10(3-6-13)16-14(18(19)20)9-11-8-12(17)4-7-15(11)22-16/h2-9,16H,1H3/t16-/m0/s1. The molecule has 1 heterocycles. The van der Waals surface area contributed by atoms with Crippen molar-refractivity contribution in [2.75, 3.05) is 7.11 Å². The molecule has 0 saturated heterocycles. The first-order chi connectivity index (χ1) is 10.6. The maximum absolute atomic E-state index is 11.4. The van der Waals surface area contributed by atoms with Gasteiger partial charge in [-0.15, -0.1) is 0 Å². The highest BCUT2D eigenvalue weighted by Crippen LogP contribution is 2.38. The van der Waals surface area contributed by atoms with Gasteiger partial charge >= 0.3 is 0 Å². The molecule has 112 valence electrons. The van der Waals surface area contributed by atoms with Gasteiger partial charge in [0, 0.05) is 22.2 Å². The summed E-state index contributed by atoms with van der Waals surface area (Å²) in [4.78, 5) is 10.9. The first-order valence-electron chi connectivity index (χ1n) is 6.54. The Morgan fingerprint density at radius 2 is 1.95 bits per heavy atom. The molecule has 0 bridgehead atoms. The molecule has 3 rings (SSSR count). The second-order valence-electron chi connectivity index (χ2n) is 4.78. The molecule has 6 heteroatoms. The molecule has 2 aromatic rings. The van der Waals surface area contributed by atoms with Gasteiger partial charge in [-0.25, -0.2) is 0 Å². The summed E-state index contributed by atoms with van der Waals surface area (Å²) in [6, 6.07) is 12.0. The van der Waals surface area contributed by atoms with Crippen LogP contribution >= 0.6 is 11.6 Å². The summed E-state index contributed by atoms with van der Waals surface area (Å²) in [7, 11) is 1.56. The minimum atomic E-state index is -0.769. The van der Waals surface area contributed by atoms with Crippen LogP contribution < -0.4 is 9.47 Å². The Balaban J connectivity index is 2.04. The van der Waals surface area contributed by atoms with Gasteiger partial charge in [0.1, 0.15) is 11.5 Å². The average molecular weight is 318 g/mol. The van der Waals surface area contributed by atoms with Crippen LogP contribution in [0.5, 0.6) is 11.5 Å². The van der Waals surface area contributed by atoms with Crippen LogP contribution in [0.3, 0.4) is 0 Å². The van der Waals surface area contributed by atoms with Crippen LogP contribution in [0.4, 0.5) is 0 Å². The Labute approximate surface area is 131 Å². The summed E-state index contributed by atoms with van der Waals surface area (Å²) < 4.78 is 10.9. The molecule has 0 amide bonds. The molecule has 0 aromatic heterocycles. The van der Waals surface area contributed by atoms with Crippen LogP contribution in [0.15, 0.2) is 48.2 Å². The van der Waals surface area contributed by atoms with Crippen LogP contribution in [0.1, 0.15) is 17.2 Å². The van der Waals surface area contributed by atoms with E-state index in [1.54, 1.807) is 49.6 Å². The third-order valence-electron chi connectivity index (χ3n) is 3.42. The quantitative estimate of drug-likeness (QED) is 0.631. The summed E-state index contributed by atoms with van der Waals surface area (Å²) in [6.45, 7) is 0. The monoisotopic (exact) mass is 317 g/mol. The molecular formula is C16H12ClNO4. The van der Waals surface area contributed by atoms with E-state index in [1.165, 1.54) is 6.08 Å². The zero-order chi connectivity index (χ0) is 15.7. The molecule has 1 atom stereocenters. The third-order valence-corrected chi connectivity index (χ3v) is 3.65. The van der Waals surface area contributed by atoms with Gasteiger partial charge in [-0.2, -0.15) is 0 Å². The first kappa shape index (κ1) is 14.4. The number of hydrogen-bond acceptors (Lipinski definition) is 4. The minimum absolute atomic E-state index is 0.0278. The topological polar surface area (TPSA) is 61.6 Å². The van der Waals surface area contributed by atoms with Crippen LogP contribution in [0.2, 0.25) is 5.02 Å². The lowest BCUT2D eigenvalue weighted by Gasteiger charge is -2.22. The molecule has 1 aliphatic rings. The van der Waals surface area contributed by atoms with E-state index in [1.807, 2.05) is 0 Å². The maximum Gasteiger partial charge on any atom is 0.291 e. The van der Waals surface area contributed by atoms with E-state index in [4.69, 9.17) is 21.1 Å². The molecule has 0 spiro atoms. The highest BCUT2D eigenvalue weighted by Gasteiger charge is 2.33. The lowest BCUT2D eigenvalue weighted by Crippen LogP contribution is -2.19. The molecule has 22 heavy (non-hydrogen) atoms. The van der Waals surface area contributed by atoms with E-state index in [9.17, 15) is 10.1 Å². The van der Waals surface area contributed by atoms with Gasteiger partial charge in [0.2, 0.25) is 6.10 Å². The number of ether oxygens (including phenoxy) is 2. The van der Waals surface area contributed by atoms with Crippen molar-refractivity contribution in [1.29, 1.82) is 0 Å². The van der Waals surface area contributed by atoms with Crippen molar-refractivity contribution in [1.82, 2.24) is 0 Å². The van der Waals surface area contributed by atoms with Gasteiger partial charge < -0.3 is 9.47 Å². The van der Waals surface area contributed by atoms with E-state index in [-0.39, 0.29) is 5.70 Å². The van der Waals surface area contributed by atoms with Gasteiger partial charge in [0.05, 0.1) is 12.0 Å². The number of fused-ring (bicyclic) bond motifs is 1. The molecule has 0 saturated carbocycles. The van der Waals surface area contributed by atoms with E-state index >= 15 is 0 Å². The van der Waals surface area contributed by atoms with Crippen molar-refractivity contribution in [3.05, 3.63) is 74.4 Å². The van der Waals surface area contributed by atoms with Crippen molar-refractivity contribution < 1.29 is 14.4 Å². The first-order valence-corrected chi connectivity index (χ1v) is 6.92. The third kappa shape index (κ3) is 2.63. The normalized spacial score (nSPS) is 16.3. The number of methoxy groups -OCH3 is 1. The van der Waals surface area contributed by atoms with Crippen LogP contribution in [-0.4, -0.2) is 12.0 Å². The lowest BCUT2D eigenvalue weighted by atomic mass is 10.0. The summed E-state index contributed by atoms with van der Waals surface area (Å²) in [5.74, 6) is 1.24. The smallest absolute Gasteiger partial charge is 0.291 e. The molecule has 2 aromatic carbocycles. The van der Waals surface area contributed by atoms with Crippen LogP contribution in [0, 0.1) is 10.1 Å². The maximum atomic E-state index is 11.4.